The molecular formula is C9H13N. The Morgan fingerprint density at radius 2 is 2.30 bits per heavy atom. The van der Waals surface area contributed by atoms with Gasteiger partial charge in [-0.15, -0.1) is 0 Å². The maximum atomic E-state index is 5.74. The summed E-state index contributed by atoms with van der Waals surface area (Å²) in [7, 11) is 0. The third-order valence-electron chi connectivity index (χ3n) is 2.74. The van der Waals surface area contributed by atoms with Crippen LogP contribution < -0.4 is 5.73 Å². The molecule has 2 unspecified atom stereocenters. The van der Waals surface area contributed by atoms with Crippen molar-refractivity contribution in [2.24, 2.45) is 23.5 Å². The fraction of sp³-hybridized carbons (Fsp3) is 0.556. The number of nitrogens with two attached hydrogens (primary N) is 1. The number of rotatable bonds is 0. The molecule has 0 saturated heterocycles. The van der Waals surface area contributed by atoms with Gasteiger partial charge < -0.3 is 5.73 Å². The van der Waals surface area contributed by atoms with E-state index in [1.807, 2.05) is 0 Å². The molecular weight excluding hydrogens is 122 g/mol. The lowest BCUT2D eigenvalue weighted by molar-refractivity contribution is 0.381. The van der Waals surface area contributed by atoms with E-state index in [1.54, 1.807) is 0 Å². The second kappa shape index (κ2) is 1.88. The Morgan fingerprint density at radius 1 is 1.50 bits per heavy atom. The smallest absolute Gasteiger partial charge is 0.00520 e. The number of allylic oxidation sites excluding steroid dienone is 4. The first kappa shape index (κ1) is 6.02. The van der Waals surface area contributed by atoms with Gasteiger partial charge >= 0.3 is 0 Å². The van der Waals surface area contributed by atoms with Crippen LogP contribution in [-0.2, 0) is 0 Å². The molecule has 10 heavy (non-hydrogen) atoms. The first-order chi connectivity index (χ1) is 4.77. The number of fused-ring (bicyclic) bond motifs is 2. The Balaban J connectivity index is 2.30. The van der Waals surface area contributed by atoms with E-state index in [9.17, 15) is 0 Å². The molecule has 0 fully saturated rings. The summed E-state index contributed by atoms with van der Waals surface area (Å²) in [6.45, 7) is 2.30. The molecule has 0 saturated carbocycles. The quantitative estimate of drug-likeness (QED) is 0.502. The molecule has 1 heteroatoms. The molecule has 0 heterocycles. The summed E-state index contributed by atoms with van der Waals surface area (Å²) in [5, 5.41) is 0. The summed E-state index contributed by atoms with van der Waals surface area (Å²) in [5.74, 6) is 2.17. The minimum absolute atomic E-state index is 0.638. The van der Waals surface area contributed by atoms with Crippen LogP contribution in [0.5, 0.6) is 0 Å². The van der Waals surface area contributed by atoms with E-state index >= 15 is 0 Å². The van der Waals surface area contributed by atoms with Gasteiger partial charge in [0.25, 0.3) is 0 Å². The topological polar surface area (TPSA) is 26.0 Å². The van der Waals surface area contributed by atoms with Crippen molar-refractivity contribution in [3.8, 4) is 0 Å². The van der Waals surface area contributed by atoms with Crippen LogP contribution in [0.2, 0.25) is 0 Å². The van der Waals surface area contributed by atoms with E-state index in [2.05, 4.69) is 25.2 Å². The van der Waals surface area contributed by atoms with E-state index in [0.29, 0.717) is 5.92 Å². The Kier molecular flexibility index (Phi) is 1.13. The summed E-state index contributed by atoms with van der Waals surface area (Å²) in [5.41, 5.74) is 6.82. The molecule has 2 aliphatic rings. The molecule has 2 rings (SSSR count). The lowest BCUT2D eigenvalue weighted by Gasteiger charge is -2.24. The molecule has 1 nitrogen and oxygen atoms in total. The van der Waals surface area contributed by atoms with E-state index in [-0.39, 0.29) is 0 Å². The first-order valence-corrected chi connectivity index (χ1v) is 3.92. The molecule has 0 aliphatic heterocycles. The van der Waals surface area contributed by atoms with E-state index in [1.165, 1.54) is 0 Å². The molecule has 2 aliphatic carbocycles. The third kappa shape index (κ3) is 0.698. The van der Waals surface area contributed by atoms with Crippen molar-refractivity contribution >= 4 is 0 Å². The number of hydrogen-bond donors (Lipinski definition) is 1. The Labute approximate surface area is 61.6 Å². The van der Waals surface area contributed by atoms with E-state index in [4.69, 9.17) is 5.73 Å². The SMILES string of the molecule is CC1C2C=C[C@H]1CC(N)=C2. The van der Waals surface area contributed by atoms with Crippen molar-refractivity contribution < 1.29 is 0 Å². The van der Waals surface area contributed by atoms with Crippen LogP contribution in [0.15, 0.2) is 23.9 Å². The zero-order valence-electron chi connectivity index (χ0n) is 6.25. The van der Waals surface area contributed by atoms with Crippen LogP contribution >= 0.6 is 0 Å². The maximum absolute atomic E-state index is 5.74. The molecule has 0 radical (unpaired) electrons. The molecule has 2 bridgehead atoms. The monoisotopic (exact) mass is 135 g/mol. The van der Waals surface area contributed by atoms with Crippen molar-refractivity contribution in [2.75, 3.05) is 0 Å². The summed E-state index contributed by atoms with van der Waals surface area (Å²) in [4.78, 5) is 0. The minimum atomic E-state index is 0.638. The highest BCUT2D eigenvalue weighted by molar-refractivity contribution is 5.22. The molecule has 0 aromatic rings. The third-order valence-corrected chi connectivity index (χ3v) is 2.74. The molecule has 0 spiro atoms. The van der Waals surface area contributed by atoms with Crippen molar-refractivity contribution in [3.63, 3.8) is 0 Å². The average molecular weight is 135 g/mol. The molecule has 0 amide bonds. The lowest BCUT2D eigenvalue weighted by atomic mass is 9.82. The van der Waals surface area contributed by atoms with Crippen LogP contribution in [-0.4, -0.2) is 0 Å². The summed E-state index contributed by atoms with van der Waals surface area (Å²) in [6.07, 6.45) is 7.87. The summed E-state index contributed by atoms with van der Waals surface area (Å²) >= 11 is 0. The summed E-state index contributed by atoms with van der Waals surface area (Å²) in [6, 6.07) is 0. The van der Waals surface area contributed by atoms with Crippen molar-refractivity contribution in [1.82, 2.24) is 0 Å². The lowest BCUT2D eigenvalue weighted by Crippen LogP contribution is -2.19. The maximum Gasteiger partial charge on any atom is 0.00520 e. The van der Waals surface area contributed by atoms with Crippen LogP contribution in [0.25, 0.3) is 0 Å². The second-order valence-electron chi connectivity index (χ2n) is 3.43. The Morgan fingerprint density at radius 3 is 3.00 bits per heavy atom. The van der Waals surface area contributed by atoms with E-state index in [0.717, 1.165) is 24.0 Å². The fourth-order valence-corrected chi connectivity index (χ4v) is 1.96. The minimum Gasteiger partial charge on any atom is -0.402 e. The second-order valence-corrected chi connectivity index (χ2v) is 3.43. The predicted octanol–water partition coefficient (Wildman–Crippen LogP) is 1.67. The first-order valence-electron chi connectivity index (χ1n) is 3.92. The van der Waals surface area contributed by atoms with Gasteiger partial charge in [0.2, 0.25) is 0 Å². The highest BCUT2D eigenvalue weighted by Gasteiger charge is 2.30. The van der Waals surface area contributed by atoms with Gasteiger partial charge in [-0.3, -0.25) is 0 Å². The predicted molar refractivity (Wildman–Crippen MR) is 42.2 cm³/mol. The van der Waals surface area contributed by atoms with Gasteiger partial charge in [-0.25, -0.2) is 0 Å². The Hall–Kier alpha value is -0.720. The van der Waals surface area contributed by atoms with Crippen molar-refractivity contribution in [2.45, 2.75) is 13.3 Å². The zero-order chi connectivity index (χ0) is 7.14. The molecule has 0 aromatic heterocycles. The largest absolute Gasteiger partial charge is 0.402 e. The van der Waals surface area contributed by atoms with E-state index < -0.39 is 0 Å². The highest BCUT2D eigenvalue weighted by atomic mass is 14.6. The van der Waals surface area contributed by atoms with Crippen LogP contribution in [0.1, 0.15) is 13.3 Å². The Bertz CT molecular complexity index is 203. The number of hydrogen-bond acceptors (Lipinski definition) is 1. The van der Waals surface area contributed by atoms with Crippen LogP contribution in [0, 0.1) is 17.8 Å². The fourth-order valence-electron chi connectivity index (χ4n) is 1.96. The highest BCUT2D eigenvalue weighted by Crippen LogP contribution is 2.38. The zero-order valence-corrected chi connectivity index (χ0v) is 6.25. The normalized spacial score (nSPS) is 43.7. The van der Waals surface area contributed by atoms with Gasteiger partial charge in [-0.05, 0) is 24.2 Å². The van der Waals surface area contributed by atoms with Gasteiger partial charge in [0.05, 0.1) is 0 Å². The van der Waals surface area contributed by atoms with Crippen LogP contribution in [0.3, 0.4) is 0 Å². The average Bonchev–Trinajstić information content (AvgIpc) is 2.20. The van der Waals surface area contributed by atoms with Gasteiger partial charge in [0.1, 0.15) is 0 Å². The van der Waals surface area contributed by atoms with Crippen molar-refractivity contribution in [3.05, 3.63) is 23.9 Å². The van der Waals surface area contributed by atoms with Gasteiger partial charge in [0, 0.05) is 5.70 Å². The molecule has 0 aromatic carbocycles. The van der Waals surface area contributed by atoms with Gasteiger partial charge in [0.15, 0.2) is 0 Å². The molecule has 3 atom stereocenters. The van der Waals surface area contributed by atoms with Gasteiger partial charge in [-0.2, -0.15) is 0 Å². The standard InChI is InChI=1S/C9H13N/c1-6-7-2-3-8(6)5-9(10)4-7/h2-4,6-8H,5,10H2,1H3/t6?,7?,8-/m0/s1. The summed E-state index contributed by atoms with van der Waals surface area (Å²) < 4.78 is 0. The molecule has 2 N–H and O–H groups in total. The van der Waals surface area contributed by atoms with Crippen LogP contribution in [0.4, 0.5) is 0 Å². The molecule has 54 valence electrons. The van der Waals surface area contributed by atoms with Gasteiger partial charge in [-0.1, -0.05) is 25.2 Å². The van der Waals surface area contributed by atoms with Crippen molar-refractivity contribution in [1.29, 1.82) is 0 Å².